The molecular weight excluding hydrogens is 238 g/mol. The Hall–Kier alpha value is -2.36. The third-order valence-corrected chi connectivity index (χ3v) is 2.90. The van der Waals surface area contributed by atoms with E-state index < -0.39 is 0 Å². The molecule has 4 heteroatoms. The number of rotatable bonds is 4. The van der Waals surface area contributed by atoms with Crippen LogP contribution in [0.4, 0.5) is 5.82 Å². The predicted molar refractivity (Wildman–Crippen MR) is 76.9 cm³/mol. The average Bonchev–Trinajstić information content (AvgIpc) is 2.40. The molecular formula is C15H17N3O. The first kappa shape index (κ1) is 13.1. The normalized spacial score (nSPS) is 10.8. The lowest BCUT2D eigenvalue weighted by Crippen LogP contribution is -2.18. The van der Waals surface area contributed by atoms with E-state index in [4.69, 9.17) is 5.21 Å². The van der Waals surface area contributed by atoms with Crippen molar-refractivity contribution in [3.05, 3.63) is 59.3 Å². The zero-order chi connectivity index (χ0) is 13.7. The molecule has 0 fully saturated rings. The minimum absolute atomic E-state index is 0.789. The van der Waals surface area contributed by atoms with Crippen LogP contribution in [0.2, 0.25) is 0 Å². The summed E-state index contributed by atoms with van der Waals surface area (Å²) in [5.41, 5.74) is 3.08. The van der Waals surface area contributed by atoms with Gasteiger partial charge in [-0.15, -0.1) is 0 Å². The van der Waals surface area contributed by atoms with E-state index in [0.29, 0.717) is 0 Å². The third kappa shape index (κ3) is 3.31. The first-order chi connectivity index (χ1) is 9.20. The molecule has 0 radical (unpaired) electrons. The highest BCUT2D eigenvalue weighted by atomic mass is 16.4. The fraction of sp³-hybridized carbons (Fsp3) is 0.200. The van der Waals surface area contributed by atoms with E-state index in [9.17, 15) is 0 Å². The van der Waals surface area contributed by atoms with Gasteiger partial charge in [-0.1, -0.05) is 35.5 Å². The maximum absolute atomic E-state index is 8.52. The van der Waals surface area contributed by atoms with Gasteiger partial charge in [0.15, 0.2) is 0 Å². The van der Waals surface area contributed by atoms with Crippen molar-refractivity contribution in [3.63, 3.8) is 0 Å². The molecule has 0 amide bonds. The molecule has 0 bridgehead atoms. The van der Waals surface area contributed by atoms with E-state index >= 15 is 0 Å². The van der Waals surface area contributed by atoms with Crippen molar-refractivity contribution in [2.75, 3.05) is 11.9 Å². The SMILES string of the molecule is Cc1cc(/C=N/O)cnc1N(C)Cc1ccccc1. The molecule has 0 atom stereocenters. The summed E-state index contributed by atoms with van der Waals surface area (Å²) < 4.78 is 0. The molecule has 1 N–H and O–H groups in total. The van der Waals surface area contributed by atoms with Crippen molar-refractivity contribution in [2.24, 2.45) is 5.16 Å². The number of anilines is 1. The molecule has 98 valence electrons. The van der Waals surface area contributed by atoms with Gasteiger partial charge in [-0.05, 0) is 24.1 Å². The second-order valence-corrected chi connectivity index (χ2v) is 4.50. The second-order valence-electron chi connectivity index (χ2n) is 4.50. The Balaban J connectivity index is 2.17. The highest BCUT2D eigenvalue weighted by Gasteiger charge is 2.07. The van der Waals surface area contributed by atoms with Crippen molar-refractivity contribution in [1.82, 2.24) is 4.98 Å². The van der Waals surface area contributed by atoms with Gasteiger partial charge < -0.3 is 10.1 Å². The molecule has 4 nitrogen and oxygen atoms in total. The Labute approximate surface area is 113 Å². The fourth-order valence-corrected chi connectivity index (χ4v) is 2.06. The van der Waals surface area contributed by atoms with E-state index in [1.54, 1.807) is 6.20 Å². The zero-order valence-corrected chi connectivity index (χ0v) is 11.1. The van der Waals surface area contributed by atoms with Crippen molar-refractivity contribution < 1.29 is 5.21 Å². The molecule has 0 aliphatic carbocycles. The van der Waals surface area contributed by atoms with E-state index in [1.807, 2.05) is 38.2 Å². The third-order valence-electron chi connectivity index (χ3n) is 2.90. The number of benzene rings is 1. The predicted octanol–water partition coefficient (Wildman–Crippen LogP) is 2.83. The van der Waals surface area contributed by atoms with Crippen LogP contribution in [0, 0.1) is 6.92 Å². The van der Waals surface area contributed by atoms with Crippen molar-refractivity contribution in [1.29, 1.82) is 0 Å². The summed E-state index contributed by atoms with van der Waals surface area (Å²) in [4.78, 5) is 6.52. The molecule has 2 rings (SSSR count). The Kier molecular flexibility index (Phi) is 4.13. The summed E-state index contributed by atoms with van der Waals surface area (Å²) in [6, 6.07) is 12.2. The van der Waals surface area contributed by atoms with E-state index in [2.05, 4.69) is 27.2 Å². The zero-order valence-electron chi connectivity index (χ0n) is 11.1. The van der Waals surface area contributed by atoms with Crippen LogP contribution in [-0.4, -0.2) is 23.5 Å². The van der Waals surface area contributed by atoms with Gasteiger partial charge in [0.25, 0.3) is 0 Å². The number of nitrogens with zero attached hydrogens (tertiary/aromatic N) is 3. The number of hydrogen-bond donors (Lipinski definition) is 1. The number of aryl methyl sites for hydroxylation is 1. The Morgan fingerprint density at radius 1 is 1.32 bits per heavy atom. The minimum Gasteiger partial charge on any atom is -0.411 e. The van der Waals surface area contributed by atoms with Crippen LogP contribution in [0.25, 0.3) is 0 Å². The molecule has 0 saturated carbocycles. The molecule has 0 aliphatic heterocycles. The monoisotopic (exact) mass is 255 g/mol. The minimum atomic E-state index is 0.789. The molecule has 1 heterocycles. The molecule has 19 heavy (non-hydrogen) atoms. The first-order valence-corrected chi connectivity index (χ1v) is 6.10. The van der Waals surface area contributed by atoms with Gasteiger partial charge in [-0.2, -0.15) is 0 Å². The van der Waals surface area contributed by atoms with Crippen LogP contribution in [0.5, 0.6) is 0 Å². The Morgan fingerprint density at radius 3 is 2.68 bits per heavy atom. The van der Waals surface area contributed by atoms with Gasteiger partial charge in [0, 0.05) is 25.4 Å². The standard InChI is InChI=1S/C15H17N3O/c1-12-8-14(10-17-19)9-16-15(12)18(2)11-13-6-4-3-5-7-13/h3-10,19H,11H2,1-2H3/b17-10+. The summed E-state index contributed by atoms with van der Waals surface area (Å²) in [5, 5.41) is 11.5. The van der Waals surface area contributed by atoms with Gasteiger partial charge in [-0.3, -0.25) is 0 Å². The molecule has 2 aromatic rings. The van der Waals surface area contributed by atoms with Gasteiger partial charge >= 0.3 is 0 Å². The van der Waals surface area contributed by atoms with E-state index in [0.717, 1.165) is 23.5 Å². The Morgan fingerprint density at radius 2 is 2.05 bits per heavy atom. The van der Waals surface area contributed by atoms with Crippen LogP contribution in [0.15, 0.2) is 47.8 Å². The van der Waals surface area contributed by atoms with Crippen LogP contribution in [-0.2, 0) is 6.54 Å². The van der Waals surface area contributed by atoms with Crippen molar-refractivity contribution in [2.45, 2.75) is 13.5 Å². The van der Waals surface area contributed by atoms with Crippen molar-refractivity contribution in [3.8, 4) is 0 Å². The molecule has 0 unspecified atom stereocenters. The highest BCUT2D eigenvalue weighted by Crippen LogP contribution is 2.18. The van der Waals surface area contributed by atoms with Gasteiger partial charge in [0.2, 0.25) is 0 Å². The van der Waals surface area contributed by atoms with Crippen LogP contribution in [0.1, 0.15) is 16.7 Å². The number of pyridine rings is 1. The van der Waals surface area contributed by atoms with Crippen molar-refractivity contribution >= 4 is 12.0 Å². The number of oxime groups is 1. The second kappa shape index (κ2) is 6.00. The van der Waals surface area contributed by atoms with E-state index in [1.165, 1.54) is 11.8 Å². The van der Waals surface area contributed by atoms with Crippen LogP contribution in [0.3, 0.4) is 0 Å². The number of hydrogen-bond acceptors (Lipinski definition) is 4. The quantitative estimate of drug-likeness (QED) is 0.519. The largest absolute Gasteiger partial charge is 0.411 e. The van der Waals surface area contributed by atoms with E-state index in [-0.39, 0.29) is 0 Å². The van der Waals surface area contributed by atoms with Crippen LogP contribution >= 0.6 is 0 Å². The fourth-order valence-electron chi connectivity index (χ4n) is 2.06. The smallest absolute Gasteiger partial charge is 0.131 e. The highest BCUT2D eigenvalue weighted by molar-refractivity contribution is 5.79. The summed E-state index contributed by atoms with van der Waals surface area (Å²) in [5.74, 6) is 0.930. The summed E-state index contributed by atoms with van der Waals surface area (Å²) in [7, 11) is 2.02. The molecule has 0 saturated heterocycles. The summed E-state index contributed by atoms with van der Waals surface area (Å²) in [6.07, 6.45) is 3.07. The van der Waals surface area contributed by atoms with Crippen LogP contribution < -0.4 is 4.90 Å². The van der Waals surface area contributed by atoms with Gasteiger partial charge in [0.1, 0.15) is 5.82 Å². The maximum atomic E-state index is 8.52. The van der Waals surface area contributed by atoms with Gasteiger partial charge in [0.05, 0.1) is 6.21 Å². The summed E-state index contributed by atoms with van der Waals surface area (Å²) >= 11 is 0. The first-order valence-electron chi connectivity index (χ1n) is 6.10. The van der Waals surface area contributed by atoms with Gasteiger partial charge in [-0.25, -0.2) is 4.98 Å². The lowest BCUT2D eigenvalue weighted by atomic mass is 10.2. The maximum Gasteiger partial charge on any atom is 0.131 e. The molecule has 1 aromatic heterocycles. The molecule has 1 aromatic carbocycles. The average molecular weight is 255 g/mol. The lowest BCUT2D eigenvalue weighted by molar-refractivity contribution is 0.322. The Bertz CT molecular complexity index is 567. The molecule has 0 spiro atoms. The topological polar surface area (TPSA) is 48.7 Å². The lowest BCUT2D eigenvalue weighted by Gasteiger charge is -2.20. The summed E-state index contributed by atoms with van der Waals surface area (Å²) in [6.45, 7) is 2.81. The molecule has 0 aliphatic rings. The number of aromatic nitrogens is 1.